The number of amides is 1. The van der Waals surface area contributed by atoms with Gasteiger partial charge in [-0.25, -0.2) is 9.97 Å². The number of ether oxygens (including phenoxy) is 1. The van der Waals surface area contributed by atoms with E-state index in [1.165, 1.54) is 6.33 Å². The summed E-state index contributed by atoms with van der Waals surface area (Å²) in [7, 11) is 0. The van der Waals surface area contributed by atoms with E-state index in [0.717, 1.165) is 6.42 Å². The summed E-state index contributed by atoms with van der Waals surface area (Å²) in [4.78, 5) is 22.0. The minimum Gasteiger partial charge on any atom is -0.393 e. The lowest BCUT2D eigenvalue weighted by Gasteiger charge is -2.35. The zero-order valence-electron chi connectivity index (χ0n) is 11.3. The SMILES string of the molecule is CCCNC(=O)C1COCCN1c1ncnc(Cl)c1N. The summed E-state index contributed by atoms with van der Waals surface area (Å²) >= 11 is 5.91. The first kappa shape index (κ1) is 14.8. The Balaban J connectivity index is 2.22. The minimum atomic E-state index is -0.455. The summed E-state index contributed by atoms with van der Waals surface area (Å²) in [6, 6.07) is -0.455. The van der Waals surface area contributed by atoms with Crippen LogP contribution in [0.15, 0.2) is 6.33 Å². The van der Waals surface area contributed by atoms with Gasteiger partial charge in [-0.1, -0.05) is 18.5 Å². The second kappa shape index (κ2) is 6.71. The number of carbonyl (C=O) groups is 1. The van der Waals surface area contributed by atoms with Gasteiger partial charge < -0.3 is 20.7 Å². The number of morpholine rings is 1. The Morgan fingerprint density at radius 2 is 2.45 bits per heavy atom. The van der Waals surface area contributed by atoms with Crippen LogP contribution in [0.5, 0.6) is 0 Å². The predicted octanol–water partition coefficient (Wildman–Crippen LogP) is 0.444. The molecule has 0 bridgehead atoms. The summed E-state index contributed by atoms with van der Waals surface area (Å²) in [5, 5.41) is 3.05. The van der Waals surface area contributed by atoms with Crippen LogP contribution in [0.4, 0.5) is 11.5 Å². The standard InChI is InChI=1S/C12H18ClN5O2/c1-2-3-15-12(19)8-6-20-5-4-18(8)11-9(14)10(13)16-7-17-11/h7-8H,2-6,14H2,1H3,(H,15,19). The van der Waals surface area contributed by atoms with Gasteiger partial charge in [-0.15, -0.1) is 0 Å². The molecule has 0 aromatic carbocycles. The molecule has 0 saturated carbocycles. The number of nitrogens with two attached hydrogens (primary N) is 1. The summed E-state index contributed by atoms with van der Waals surface area (Å²) in [6.07, 6.45) is 2.21. The van der Waals surface area contributed by atoms with Crippen LogP contribution >= 0.6 is 11.6 Å². The molecule has 1 unspecified atom stereocenters. The molecule has 1 saturated heterocycles. The number of rotatable bonds is 4. The van der Waals surface area contributed by atoms with Gasteiger partial charge in [0.1, 0.15) is 18.1 Å². The molecule has 1 aliphatic rings. The van der Waals surface area contributed by atoms with Crippen molar-refractivity contribution in [1.82, 2.24) is 15.3 Å². The molecule has 7 nitrogen and oxygen atoms in total. The van der Waals surface area contributed by atoms with E-state index in [0.29, 0.717) is 32.1 Å². The number of hydrogen-bond donors (Lipinski definition) is 2. The fourth-order valence-corrected chi connectivity index (χ4v) is 2.16. The second-order valence-electron chi connectivity index (χ2n) is 4.48. The van der Waals surface area contributed by atoms with Gasteiger partial charge >= 0.3 is 0 Å². The number of hydrogen-bond acceptors (Lipinski definition) is 6. The van der Waals surface area contributed by atoms with Gasteiger partial charge in [-0.2, -0.15) is 0 Å². The lowest BCUT2D eigenvalue weighted by Crippen LogP contribution is -2.54. The number of carbonyl (C=O) groups excluding carboxylic acids is 1. The summed E-state index contributed by atoms with van der Waals surface area (Å²) in [5.74, 6) is 0.380. The van der Waals surface area contributed by atoms with Gasteiger partial charge in [0.25, 0.3) is 0 Å². The first-order chi connectivity index (χ1) is 9.65. The van der Waals surface area contributed by atoms with Gasteiger partial charge in [0.2, 0.25) is 5.91 Å². The molecule has 0 spiro atoms. The van der Waals surface area contributed by atoms with Crippen molar-refractivity contribution >= 4 is 29.0 Å². The molecular formula is C12H18ClN5O2. The molecule has 1 aromatic heterocycles. The van der Waals surface area contributed by atoms with Crippen molar-refractivity contribution in [3.63, 3.8) is 0 Å². The van der Waals surface area contributed by atoms with Crippen molar-refractivity contribution < 1.29 is 9.53 Å². The highest BCUT2D eigenvalue weighted by molar-refractivity contribution is 6.32. The molecule has 1 fully saturated rings. The first-order valence-corrected chi connectivity index (χ1v) is 6.91. The molecule has 110 valence electrons. The Morgan fingerprint density at radius 1 is 1.65 bits per heavy atom. The topological polar surface area (TPSA) is 93.4 Å². The Hall–Kier alpha value is -1.60. The van der Waals surface area contributed by atoms with Gasteiger partial charge in [-0.3, -0.25) is 4.79 Å². The molecule has 1 atom stereocenters. The van der Waals surface area contributed by atoms with Gasteiger partial charge in [0.15, 0.2) is 11.0 Å². The van der Waals surface area contributed by atoms with Crippen molar-refractivity contribution in [3.8, 4) is 0 Å². The fourth-order valence-electron chi connectivity index (χ4n) is 2.03. The van der Waals surface area contributed by atoms with Gasteiger partial charge in [0.05, 0.1) is 13.2 Å². The largest absolute Gasteiger partial charge is 0.393 e. The normalized spacial score (nSPS) is 18.9. The van der Waals surface area contributed by atoms with Crippen LogP contribution in [-0.4, -0.2) is 48.2 Å². The molecule has 1 aliphatic heterocycles. The highest BCUT2D eigenvalue weighted by atomic mass is 35.5. The van der Waals surface area contributed by atoms with Gasteiger partial charge in [-0.05, 0) is 6.42 Å². The number of anilines is 2. The molecular weight excluding hydrogens is 282 g/mol. The van der Waals surface area contributed by atoms with Crippen LogP contribution < -0.4 is 16.0 Å². The van der Waals surface area contributed by atoms with Crippen molar-refractivity contribution in [2.24, 2.45) is 0 Å². The summed E-state index contributed by atoms with van der Waals surface area (Å²) in [5.41, 5.74) is 6.19. The lowest BCUT2D eigenvalue weighted by molar-refractivity contribution is -0.124. The molecule has 0 aliphatic carbocycles. The third-order valence-corrected chi connectivity index (χ3v) is 3.37. The summed E-state index contributed by atoms with van der Waals surface area (Å²) < 4.78 is 5.39. The monoisotopic (exact) mass is 299 g/mol. The third kappa shape index (κ3) is 3.10. The lowest BCUT2D eigenvalue weighted by atomic mass is 10.2. The Kier molecular flexibility index (Phi) is 4.97. The molecule has 3 N–H and O–H groups in total. The Morgan fingerprint density at radius 3 is 3.20 bits per heavy atom. The number of aromatic nitrogens is 2. The molecule has 8 heteroatoms. The average Bonchev–Trinajstić information content (AvgIpc) is 2.47. The van der Waals surface area contributed by atoms with Gasteiger partial charge in [0, 0.05) is 13.1 Å². The van der Waals surface area contributed by atoms with Crippen LogP contribution in [-0.2, 0) is 9.53 Å². The minimum absolute atomic E-state index is 0.0966. The quantitative estimate of drug-likeness (QED) is 0.784. The predicted molar refractivity (Wildman–Crippen MR) is 76.7 cm³/mol. The number of nitrogens with zero attached hydrogens (tertiary/aromatic N) is 3. The van der Waals surface area contributed by atoms with E-state index in [9.17, 15) is 4.79 Å². The third-order valence-electron chi connectivity index (χ3n) is 3.07. The van der Waals surface area contributed by atoms with Crippen molar-refractivity contribution in [2.45, 2.75) is 19.4 Å². The van der Waals surface area contributed by atoms with Crippen LogP contribution in [0.25, 0.3) is 0 Å². The molecule has 1 amide bonds. The smallest absolute Gasteiger partial charge is 0.245 e. The van der Waals surface area contributed by atoms with Crippen LogP contribution in [0, 0.1) is 0 Å². The Bertz CT molecular complexity index is 485. The number of nitrogens with one attached hydrogen (secondary N) is 1. The fraction of sp³-hybridized carbons (Fsp3) is 0.583. The van der Waals surface area contributed by atoms with Crippen LogP contribution in [0.2, 0.25) is 5.15 Å². The van der Waals surface area contributed by atoms with E-state index in [2.05, 4.69) is 15.3 Å². The molecule has 1 aromatic rings. The number of nitrogen functional groups attached to an aromatic ring is 1. The van der Waals surface area contributed by atoms with Crippen molar-refractivity contribution in [1.29, 1.82) is 0 Å². The zero-order chi connectivity index (χ0) is 14.5. The van der Waals surface area contributed by atoms with Crippen LogP contribution in [0.3, 0.4) is 0 Å². The number of halogens is 1. The Labute approximate surface area is 122 Å². The van der Waals surface area contributed by atoms with E-state index < -0.39 is 6.04 Å². The van der Waals surface area contributed by atoms with E-state index >= 15 is 0 Å². The highest BCUT2D eigenvalue weighted by Crippen LogP contribution is 2.28. The maximum Gasteiger partial charge on any atom is 0.245 e. The molecule has 2 rings (SSSR count). The second-order valence-corrected chi connectivity index (χ2v) is 4.83. The maximum absolute atomic E-state index is 12.2. The van der Waals surface area contributed by atoms with Crippen molar-refractivity contribution in [3.05, 3.63) is 11.5 Å². The molecule has 2 heterocycles. The molecule has 20 heavy (non-hydrogen) atoms. The summed E-state index contributed by atoms with van der Waals surface area (Å²) in [6.45, 7) is 3.97. The van der Waals surface area contributed by atoms with Crippen LogP contribution in [0.1, 0.15) is 13.3 Å². The maximum atomic E-state index is 12.2. The zero-order valence-corrected chi connectivity index (χ0v) is 12.1. The average molecular weight is 300 g/mol. The highest BCUT2D eigenvalue weighted by Gasteiger charge is 2.31. The molecule has 0 radical (unpaired) electrons. The van der Waals surface area contributed by atoms with E-state index in [-0.39, 0.29) is 16.7 Å². The first-order valence-electron chi connectivity index (χ1n) is 6.53. The van der Waals surface area contributed by atoms with Crippen molar-refractivity contribution in [2.75, 3.05) is 36.9 Å². The van der Waals surface area contributed by atoms with E-state index in [1.54, 1.807) is 0 Å². The van der Waals surface area contributed by atoms with E-state index in [1.807, 2.05) is 11.8 Å². The van der Waals surface area contributed by atoms with E-state index in [4.69, 9.17) is 22.1 Å².